The van der Waals surface area contributed by atoms with Gasteiger partial charge in [-0.15, -0.1) is 10.2 Å². The summed E-state index contributed by atoms with van der Waals surface area (Å²) in [6.07, 6.45) is 0. The molecule has 0 atom stereocenters. The lowest BCUT2D eigenvalue weighted by Gasteiger charge is -2.10. The molecule has 0 unspecified atom stereocenters. The topological polar surface area (TPSA) is 167 Å². The van der Waals surface area contributed by atoms with Crippen LogP contribution in [0.15, 0.2) is 64.6 Å². The molecule has 0 saturated carbocycles. The standard InChI is InChI=1S/C23H24N8O4S2/c1-14-12-20(26-15(2)25-14)30-37(33,34)17-10-8-16(9-11-17)27-21(32)13-36-23-29-28-22(31(23)24)18-6-4-5-7-19(18)35-3/h4-12H,13,24H2,1-3H3,(H,27,32)(H,25,26,30). The number of aromatic nitrogens is 5. The molecule has 37 heavy (non-hydrogen) atoms. The molecule has 2 aromatic heterocycles. The van der Waals surface area contributed by atoms with Gasteiger partial charge in [-0.2, -0.15) is 0 Å². The smallest absolute Gasteiger partial charge is 0.263 e. The zero-order chi connectivity index (χ0) is 26.6. The van der Waals surface area contributed by atoms with Crippen molar-refractivity contribution in [2.45, 2.75) is 23.9 Å². The van der Waals surface area contributed by atoms with E-state index in [9.17, 15) is 13.2 Å². The van der Waals surface area contributed by atoms with Crippen LogP contribution in [0.1, 0.15) is 11.5 Å². The third kappa shape index (κ3) is 6.16. The summed E-state index contributed by atoms with van der Waals surface area (Å²) in [6.45, 7) is 3.43. The number of nitrogens with zero attached hydrogens (tertiary/aromatic N) is 5. The molecule has 2 aromatic carbocycles. The van der Waals surface area contributed by atoms with E-state index < -0.39 is 10.0 Å². The van der Waals surface area contributed by atoms with E-state index >= 15 is 0 Å². The second-order valence-corrected chi connectivity index (χ2v) is 10.4. The zero-order valence-electron chi connectivity index (χ0n) is 20.2. The monoisotopic (exact) mass is 540 g/mol. The van der Waals surface area contributed by atoms with Gasteiger partial charge in [0.1, 0.15) is 17.4 Å². The molecule has 0 saturated heterocycles. The van der Waals surface area contributed by atoms with Gasteiger partial charge in [0.2, 0.25) is 11.1 Å². The largest absolute Gasteiger partial charge is 0.496 e. The predicted molar refractivity (Wildman–Crippen MR) is 140 cm³/mol. The highest BCUT2D eigenvalue weighted by Gasteiger charge is 2.18. The van der Waals surface area contributed by atoms with Crippen LogP contribution in [0, 0.1) is 13.8 Å². The van der Waals surface area contributed by atoms with Crippen molar-refractivity contribution in [1.82, 2.24) is 24.8 Å². The Labute approximate surface area is 217 Å². The van der Waals surface area contributed by atoms with Crippen molar-refractivity contribution in [2.24, 2.45) is 0 Å². The molecule has 1 amide bonds. The lowest BCUT2D eigenvalue weighted by molar-refractivity contribution is -0.113. The number of methoxy groups -OCH3 is 1. The lowest BCUT2D eigenvalue weighted by atomic mass is 10.2. The number of nitrogens with two attached hydrogens (primary N) is 1. The van der Waals surface area contributed by atoms with Crippen LogP contribution >= 0.6 is 11.8 Å². The molecular formula is C23H24N8O4S2. The van der Waals surface area contributed by atoms with E-state index in [1.807, 2.05) is 18.2 Å². The van der Waals surface area contributed by atoms with E-state index in [1.165, 1.54) is 35.0 Å². The van der Waals surface area contributed by atoms with E-state index in [2.05, 4.69) is 30.2 Å². The molecule has 14 heteroatoms. The van der Waals surface area contributed by atoms with E-state index in [0.717, 1.165) is 11.8 Å². The number of amides is 1. The van der Waals surface area contributed by atoms with Gasteiger partial charge in [0.05, 0.1) is 23.3 Å². The predicted octanol–water partition coefficient (Wildman–Crippen LogP) is 2.61. The molecule has 0 radical (unpaired) electrons. The molecule has 0 aliphatic heterocycles. The summed E-state index contributed by atoms with van der Waals surface area (Å²) < 4.78 is 34.5. The molecule has 192 valence electrons. The Morgan fingerprint density at radius 2 is 1.81 bits per heavy atom. The van der Waals surface area contributed by atoms with Crippen molar-refractivity contribution >= 4 is 39.2 Å². The van der Waals surface area contributed by atoms with Crippen LogP contribution in [0.5, 0.6) is 5.75 Å². The lowest BCUT2D eigenvalue weighted by Crippen LogP contribution is -2.17. The highest BCUT2D eigenvalue weighted by atomic mass is 32.2. The number of hydrogen-bond donors (Lipinski definition) is 3. The molecule has 0 spiro atoms. The fourth-order valence-electron chi connectivity index (χ4n) is 3.40. The van der Waals surface area contributed by atoms with Gasteiger partial charge in [-0.3, -0.25) is 9.52 Å². The zero-order valence-corrected chi connectivity index (χ0v) is 21.8. The number of hydrogen-bond acceptors (Lipinski definition) is 10. The second kappa shape index (κ2) is 10.8. The van der Waals surface area contributed by atoms with Gasteiger partial charge in [0, 0.05) is 17.4 Å². The number of thioether (sulfide) groups is 1. The molecule has 2 heterocycles. The maximum atomic E-state index is 12.7. The maximum Gasteiger partial charge on any atom is 0.263 e. The molecule has 4 N–H and O–H groups in total. The van der Waals surface area contributed by atoms with Crippen molar-refractivity contribution < 1.29 is 17.9 Å². The number of rotatable bonds is 9. The Kier molecular flexibility index (Phi) is 7.59. The van der Waals surface area contributed by atoms with Gasteiger partial charge in [0.25, 0.3) is 10.0 Å². The van der Waals surface area contributed by atoms with Gasteiger partial charge in [-0.1, -0.05) is 23.9 Å². The van der Waals surface area contributed by atoms with E-state index in [4.69, 9.17) is 10.6 Å². The Hall–Kier alpha value is -4.17. The van der Waals surface area contributed by atoms with Crippen molar-refractivity contribution in [3.05, 3.63) is 66.1 Å². The van der Waals surface area contributed by atoms with Gasteiger partial charge >= 0.3 is 0 Å². The number of nitrogens with one attached hydrogen (secondary N) is 2. The van der Waals surface area contributed by atoms with Crippen molar-refractivity contribution in [3.63, 3.8) is 0 Å². The molecule has 0 bridgehead atoms. The van der Waals surface area contributed by atoms with Crippen LogP contribution in [0.4, 0.5) is 11.5 Å². The molecule has 0 aliphatic rings. The Balaban J connectivity index is 1.37. The first-order valence-corrected chi connectivity index (χ1v) is 13.3. The van der Waals surface area contributed by atoms with Crippen LogP contribution < -0.4 is 20.6 Å². The number of aryl methyl sites for hydroxylation is 2. The van der Waals surface area contributed by atoms with Gasteiger partial charge in [-0.05, 0) is 50.2 Å². The van der Waals surface area contributed by atoms with Crippen LogP contribution in [0.3, 0.4) is 0 Å². The SMILES string of the molecule is COc1ccccc1-c1nnc(SCC(=O)Nc2ccc(S(=O)(=O)Nc3cc(C)nc(C)n3)cc2)n1N. The number of para-hydroxylation sites is 1. The van der Waals surface area contributed by atoms with Crippen molar-refractivity contribution in [1.29, 1.82) is 0 Å². The molecule has 12 nitrogen and oxygen atoms in total. The van der Waals surface area contributed by atoms with E-state index in [0.29, 0.717) is 39.5 Å². The highest BCUT2D eigenvalue weighted by Crippen LogP contribution is 2.29. The summed E-state index contributed by atoms with van der Waals surface area (Å²) in [7, 11) is -2.32. The summed E-state index contributed by atoms with van der Waals surface area (Å²) >= 11 is 1.11. The van der Waals surface area contributed by atoms with Crippen molar-refractivity contribution in [2.75, 3.05) is 28.7 Å². The minimum Gasteiger partial charge on any atom is -0.496 e. The fourth-order valence-corrected chi connectivity index (χ4v) is 5.05. The summed E-state index contributed by atoms with van der Waals surface area (Å²) in [4.78, 5) is 20.7. The third-order valence-corrected chi connectivity index (χ3v) is 7.31. The Morgan fingerprint density at radius 1 is 1.08 bits per heavy atom. The number of sulfonamides is 1. The number of anilines is 2. The average molecular weight is 541 g/mol. The van der Waals surface area contributed by atoms with Gasteiger partial charge < -0.3 is 15.9 Å². The second-order valence-electron chi connectivity index (χ2n) is 7.78. The molecule has 4 rings (SSSR count). The van der Waals surface area contributed by atoms with E-state index in [-0.39, 0.29) is 22.4 Å². The molecular weight excluding hydrogens is 516 g/mol. The first-order chi connectivity index (χ1) is 17.7. The van der Waals surface area contributed by atoms with Crippen LogP contribution in [-0.4, -0.2) is 52.0 Å². The fraction of sp³-hybridized carbons (Fsp3) is 0.174. The molecule has 4 aromatic rings. The molecule has 0 aliphatic carbocycles. The normalized spacial score (nSPS) is 11.2. The Morgan fingerprint density at radius 3 is 2.51 bits per heavy atom. The van der Waals surface area contributed by atoms with Crippen LogP contribution in [0.2, 0.25) is 0 Å². The average Bonchev–Trinajstić information content (AvgIpc) is 3.22. The Bertz CT molecular complexity index is 1520. The summed E-state index contributed by atoms with van der Waals surface area (Å²) in [5.41, 5.74) is 1.75. The van der Waals surface area contributed by atoms with Crippen molar-refractivity contribution in [3.8, 4) is 17.1 Å². The number of carbonyl (C=O) groups is 1. The van der Waals surface area contributed by atoms with Gasteiger partial charge in [-0.25, -0.2) is 23.1 Å². The first-order valence-electron chi connectivity index (χ1n) is 10.9. The number of nitrogen functional groups attached to an aromatic ring is 1. The maximum absolute atomic E-state index is 12.7. The summed E-state index contributed by atoms with van der Waals surface area (Å²) in [5, 5.41) is 11.2. The number of benzene rings is 2. The minimum absolute atomic E-state index is 0.00920. The number of carbonyl (C=O) groups excluding carboxylic acids is 1. The minimum atomic E-state index is -3.87. The summed E-state index contributed by atoms with van der Waals surface area (Å²) in [6, 6.07) is 14.6. The highest BCUT2D eigenvalue weighted by molar-refractivity contribution is 7.99. The molecule has 0 fully saturated rings. The first kappa shape index (κ1) is 25.9. The van der Waals surface area contributed by atoms with Crippen LogP contribution in [-0.2, 0) is 14.8 Å². The third-order valence-electron chi connectivity index (χ3n) is 5.00. The van der Waals surface area contributed by atoms with Gasteiger partial charge in [0.15, 0.2) is 5.82 Å². The van der Waals surface area contributed by atoms with Crippen LogP contribution in [0.25, 0.3) is 11.4 Å². The summed E-state index contributed by atoms with van der Waals surface area (Å²) in [5.74, 6) is 7.46. The quantitative estimate of drug-likeness (QED) is 0.212. The number of ether oxygens (including phenoxy) is 1. The van der Waals surface area contributed by atoms with E-state index in [1.54, 1.807) is 27.0 Å².